The molecule has 0 atom stereocenters. The van der Waals surface area contributed by atoms with Crippen LogP contribution in [0.3, 0.4) is 0 Å². The van der Waals surface area contributed by atoms with Crippen LogP contribution in [-0.4, -0.2) is 12.6 Å². The first-order valence-electron chi connectivity index (χ1n) is 15.6. The van der Waals surface area contributed by atoms with Crippen LogP contribution in [0.2, 0.25) is 0 Å². The van der Waals surface area contributed by atoms with Gasteiger partial charge >= 0.3 is 0 Å². The van der Waals surface area contributed by atoms with Crippen molar-refractivity contribution in [2.75, 3.05) is 0 Å². The Morgan fingerprint density at radius 3 is 1.41 bits per heavy atom. The van der Waals surface area contributed by atoms with Crippen molar-refractivity contribution < 1.29 is 0 Å². The van der Waals surface area contributed by atoms with Crippen LogP contribution in [0.25, 0.3) is 43.5 Å². The van der Waals surface area contributed by atoms with Gasteiger partial charge in [0, 0.05) is 16.5 Å². The molecule has 0 N–H and O–H groups in total. The van der Waals surface area contributed by atoms with Crippen molar-refractivity contribution in [1.29, 1.82) is 0 Å². The van der Waals surface area contributed by atoms with Crippen LogP contribution in [0, 0.1) is 6.57 Å². The minimum absolute atomic E-state index is 0.668. The lowest BCUT2D eigenvalue weighted by atomic mass is 10.1. The topological polar surface area (TPSA) is 9.29 Å². The zero-order chi connectivity index (χ0) is 30.9. The van der Waals surface area contributed by atoms with Crippen molar-refractivity contribution in [3.63, 3.8) is 0 Å². The van der Waals surface area contributed by atoms with E-state index in [0.717, 1.165) is 5.69 Å². The van der Waals surface area contributed by atoms with Crippen LogP contribution < -0.4 is 20.7 Å². The van der Waals surface area contributed by atoms with Gasteiger partial charge in [-0.3, -0.25) is 0 Å². The molecule has 8 rings (SSSR count). The number of nitrogens with zero attached hydrogens (tertiary/aromatic N) is 2. The van der Waals surface area contributed by atoms with E-state index in [0.29, 0.717) is 5.69 Å². The van der Waals surface area contributed by atoms with E-state index in [2.05, 4.69) is 179 Å². The fraction of sp³-hybridized carbons (Fsp3) is 0. The highest BCUT2D eigenvalue weighted by Gasteiger charge is 2.41. The summed E-state index contributed by atoms with van der Waals surface area (Å²) in [5, 5.41) is 7.63. The van der Waals surface area contributed by atoms with Crippen molar-refractivity contribution in [3.05, 3.63) is 193 Å². The quantitative estimate of drug-likeness (QED) is 0.103. The summed E-state index contributed by atoms with van der Waals surface area (Å²) in [6.45, 7) is 7.76. The van der Waals surface area contributed by atoms with Crippen molar-refractivity contribution in [3.8, 4) is 16.8 Å². The Kier molecular flexibility index (Phi) is 6.91. The number of benzene rings is 7. The molecule has 0 fully saturated rings. The van der Waals surface area contributed by atoms with Crippen LogP contribution >= 0.6 is 0 Å². The maximum absolute atomic E-state index is 7.76. The minimum atomic E-state index is -2.72. The minimum Gasteiger partial charge on any atom is -0.309 e. The molecule has 8 aromatic rings. The molecule has 0 saturated heterocycles. The molecular formula is C43H30N2Si. The highest BCUT2D eigenvalue weighted by Crippen LogP contribution is 2.32. The molecule has 0 amide bonds. The van der Waals surface area contributed by atoms with E-state index in [-0.39, 0.29) is 0 Å². The van der Waals surface area contributed by atoms with Crippen LogP contribution in [0.4, 0.5) is 5.69 Å². The molecule has 2 nitrogen and oxygen atoms in total. The third-order valence-corrected chi connectivity index (χ3v) is 14.0. The van der Waals surface area contributed by atoms with Gasteiger partial charge in [0.2, 0.25) is 0 Å². The fourth-order valence-corrected chi connectivity index (χ4v) is 11.9. The average molecular weight is 603 g/mol. The Balaban J connectivity index is 1.24. The first kappa shape index (κ1) is 27.6. The largest absolute Gasteiger partial charge is 0.309 e. The zero-order valence-electron chi connectivity index (χ0n) is 25.2. The molecule has 7 aromatic carbocycles. The first-order chi connectivity index (χ1) is 22.8. The number of aromatic nitrogens is 1. The van der Waals surface area contributed by atoms with E-state index in [4.69, 9.17) is 6.57 Å². The molecule has 3 heteroatoms. The summed E-state index contributed by atoms with van der Waals surface area (Å²) in [4.78, 5) is 3.81. The van der Waals surface area contributed by atoms with Gasteiger partial charge in [0.1, 0.15) is 0 Å². The van der Waals surface area contributed by atoms with Gasteiger partial charge in [0.25, 0.3) is 0 Å². The SMILES string of the molecule is [C-]#[N+]c1cccc([Si](c2ccccc2)(c2ccccc2)c2ccc(-c3ccc(-n4c5ccccc5c5ccccc54)cc3)cc2)c1. The smallest absolute Gasteiger partial charge is 0.187 e. The fourth-order valence-electron chi connectivity index (χ4n) is 7.10. The van der Waals surface area contributed by atoms with Crippen molar-refractivity contribution in [1.82, 2.24) is 4.57 Å². The van der Waals surface area contributed by atoms with E-state index >= 15 is 0 Å². The van der Waals surface area contributed by atoms with Crippen LogP contribution in [-0.2, 0) is 0 Å². The van der Waals surface area contributed by atoms with Gasteiger partial charge in [-0.1, -0.05) is 163 Å². The van der Waals surface area contributed by atoms with Crippen LogP contribution in [0.15, 0.2) is 182 Å². The summed E-state index contributed by atoms with van der Waals surface area (Å²) in [5.74, 6) is 0. The molecule has 0 radical (unpaired) electrons. The predicted molar refractivity (Wildman–Crippen MR) is 196 cm³/mol. The lowest BCUT2D eigenvalue weighted by Crippen LogP contribution is -2.74. The summed E-state index contributed by atoms with van der Waals surface area (Å²) >= 11 is 0. The molecule has 0 bridgehead atoms. The van der Waals surface area contributed by atoms with E-state index in [9.17, 15) is 0 Å². The highest BCUT2D eigenvalue weighted by molar-refractivity contribution is 7.19. The monoisotopic (exact) mass is 602 g/mol. The molecule has 1 aromatic heterocycles. The van der Waals surface area contributed by atoms with Crippen LogP contribution in [0.5, 0.6) is 0 Å². The molecule has 0 aliphatic carbocycles. The molecule has 1 heterocycles. The maximum Gasteiger partial charge on any atom is 0.187 e. The average Bonchev–Trinajstić information content (AvgIpc) is 3.48. The van der Waals surface area contributed by atoms with Crippen LogP contribution in [0.1, 0.15) is 0 Å². The van der Waals surface area contributed by atoms with Crippen molar-refractivity contribution in [2.45, 2.75) is 0 Å². The molecule has 0 saturated carbocycles. The Morgan fingerprint density at radius 1 is 0.413 bits per heavy atom. The second kappa shape index (κ2) is 11.5. The molecule has 46 heavy (non-hydrogen) atoms. The second-order valence-electron chi connectivity index (χ2n) is 11.6. The van der Waals surface area contributed by atoms with Gasteiger partial charge in [-0.25, -0.2) is 4.85 Å². The Labute approximate surface area is 270 Å². The van der Waals surface area contributed by atoms with E-state index in [1.807, 2.05) is 12.1 Å². The van der Waals surface area contributed by atoms with Gasteiger partial charge in [0.05, 0.1) is 17.6 Å². The molecule has 0 unspecified atom stereocenters. The Morgan fingerprint density at radius 2 is 0.870 bits per heavy atom. The molecular weight excluding hydrogens is 573 g/mol. The summed E-state index contributed by atoms with van der Waals surface area (Å²) in [6.07, 6.45) is 0. The molecule has 0 spiro atoms. The van der Waals surface area contributed by atoms with Gasteiger partial charge < -0.3 is 4.57 Å². The summed E-state index contributed by atoms with van der Waals surface area (Å²) in [7, 11) is -2.72. The second-order valence-corrected chi connectivity index (χ2v) is 15.4. The van der Waals surface area contributed by atoms with Gasteiger partial charge in [-0.05, 0) is 51.0 Å². The third-order valence-electron chi connectivity index (χ3n) is 9.18. The summed E-state index contributed by atoms with van der Waals surface area (Å²) < 4.78 is 2.36. The standard InChI is InChI=1S/C43H30N2Si/c1-44-34-13-12-18-39(31-34)46(36-14-4-2-5-15-36,37-16-6-3-7-17-37)38-29-25-33(26-30-38)32-23-27-35(28-24-32)45-42-21-10-8-19-40(42)41-20-9-11-22-43(41)45/h2-31H. The number of hydrogen-bond acceptors (Lipinski definition) is 0. The van der Waals surface area contributed by atoms with E-state index in [1.165, 1.54) is 53.7 Å². The predicted octanol–water partition coefficient (Wildman–Crippen LogP) is 8.38. The highest BCUT2D eigenvalue weighted by atomic mass is 28.3. The Bertz CT molecular complexity index is 2260. The van der Waals surface area contributed by atoms with E-state index in [1.54, 1.807) is 0 Å². The summed E-state index contributed by atoms with van der Waals surface area (Å²) in [6, 6.07) is 65.3. The molecule has 216 valence electrons. The van der Waals surface area contributed by atoms with E-state index < -0.39 is 8.07 Å². The number of fused-ring (bicyclic) bond motifs is 3. The van der Waals surface area contributed by atoms with Gasteiger partial charge in [-0.2, -0.15) is 0 Å². The number of hydrogen-bond donors (Lipinski definition) is 0. The maximum atomic E-state index is 7.76. The first-order valence-corrected chi connectivity index (χ1v) is 17.6. The third kappa shape index (κ3) is 4.47. The summed E-state index contributed by atoms with van der Waals surface area (Å²) in [5.41, 5.74) is 6.60. The number of para-hydroxylation sites is 2. The Hall–Kier alpha value is -5.95. The van der Waals surface area contributed by atoms with Gasteiger partial charge in [0.15, 0.2) is 13.8 Å². The van der Waals surface area contributed by atoms with Crippen molar-refractivity contribution >= 4 is 56.3 Å². The lowest BCUT2D eigenvalue weighted by molar-refractivity contribution is 1.18. The number of rotatable bonds is 6. The normalized spacial score (nSPS) is 11.5. The zero-order valence-corrected chi connectivity index (χ0v) is 26.2. The molecule has 0 aliphatic rings. The molecule has 0 aliphatic heterocycles. The van der Waals surface area contributed by atoms with Gasteiger partial charge in [-0.15, -0.1) is 0 Å². The van der Waals surface area contributed by atoms with Crippen molar-refractivity contribution in [2.24, 2.45) is 0 Å². The lowest BCUT2D eigenvalue weighted by Gasteiger charge is -2.34.